The van der Waals surface area contributed by atoms with E-state index in [-0.39, 0.29) is 5.91 Å². The lowest BCUT2D eigenvalue weighted by Crippen LogP contribution is -2.24. The van der Waals surface area contributed by atoms with Crippen molar-refractivity contribution in [1.82, 2.24) is 5.32 Å². The molecule has 0 saturated carbocycles. The molecule has 24 heavy (non-hydrogen) atoms. The highest BCUT2D eigenvalue weighted by atomic mass is 32.2. The van der Waals surface area contributed by atoms with Crippen molar-refractivity contribution < 1.29 is 4.79 Å². The Bertz CT molecular complexity index is 722. The number of unbranched alkanes of at least 4 members (excludes halogenated alkanes) is 3. The van der Waals surface area contributed by atoms with Crippen LogP contribution in [-0.4, -0.2) is 12.5 Å². The van der Waals surface area contributed by atoms with Crippen LogP contribution in [0, 0.1) is 11.3 Å². The number of nitrogens with one attached hydrogen (secondary N) is 1. The van der Waals surface area contributed by atoms with Gasteiger partial charge in [-0.05, 0) is 30.7 Å². The number of nitrogens with zero attached hydrogens (tertiary/aromatic N) is 1. The third-order valence-corrected chi connectivity index (χ3v) is 4.83. The first-order valence-corrected chi connectivity index (χ1v) is 9.12. The third-order valence-electron chi connectivity index (χ3n) is 3.67. The number of nitriles is 1. The van der Waals surface area contributed by atoms with Gasteiger partial charge in [-0.2, -0.15) is 5.26 Å². The predicted molar refractivity (Wildman–Crippen MR) is 98.2 cm³/mol. The molecule has 2 rings (SSSR count). The molecule has 3 nitrogen and oxygen atoms in total. The number of hydrogen-bond donors (Lipinski definition) is 1. The van der Waals surface area contributed by atoms with Gasteiger partial charge in [-0.25, -0.2) is 0 Å². The van der Waals surface area contributed by atoms with E-state index in [1.807, 2.05) is 42.5 Å². The number of rotatable bonds is 8. The van der Waals surface area contributed by atoms with Gasteiger partial charge in [0.15, 0.2) is 0 Å². The van der Waals surface area contributed by atoms with Gasteiger partial charge in [0.2, 0.25) is 0 Å². The third kappa shape index (κ3) is 5.14. The van der Waals surface area contributed by atoms with Crippen molar-refractivity contribution in [3.8, 4) is 6.07 Å². The summed E-state index contributed by atoms with van der Waals surface area (Å²) in [5, 5.41) is 12.2. The van der Waals surface area contributed by atoms with Crippen LogP contribution in [0.2, 0.25) is 0 Å². The maximum Gasteiger partial charge on any atom is 0.252 e. The van der Waals surface area contributed by atoms with Gasteiger partial charge in [0, 0.05) is 16.3 Å². The molecule has 1 N–H and O–H groups in total. The molecule has 0 radical (unpaired) electrons. The lowest BCUT2D eigenvalue weighted by Gasteiger charge is -2.10. The van der Waals surface area contributed by atoms with E-state index in [9.17, 15) is 10.1 Å². The number of hydrogen-bond acceptors (Lipinski definition) is 3. The topological polar surface area (TPSA) is 52.9 Å². The van der Waals surface area contributed by atoms with E-state index in [0.717, 1.165) is 22.6 Å². The Morgan fingerprint density at radius 2 is 1.75 bits per heavy atom. The van der Waals surface area contributed by atoms with Gasteiger partial charge in [0.25, 0.3) is 5.91 Å². The summed E-state index contributed by atoms with van der Waals surface area (Å²) in [6.45, 7) is 2.87. The molecule has 0 aliphatic carbocycles. The molecule has 2 aromatic rings. The highest BCUT2D eigenvalue weighted by molar-refractivity contribution is 7.99. The van der Waals surface area contributed by atoms with Crippen LogP contribution < -0.4 is 5.32 Å². The van der Waals surface area contributed by atoms with Crippen molar-refractivity contribution in [1.29, 1.82) is 5.26 Å². The summed E-state index contributed by atoms with van der Waals surface area (Å²) in [5.41, 5.74) is 1.28. The zero-order chi connectivity index (χ0) is 17.2. The fourth-order valence-electron chi connectivity index (χ4n) is 2.36. The maximum atomic E-state index is 12.5. The Labute approximate surface area is 148 Å². The zero-order valence-corrected chi connectivity index (χ0v) is 14.7. The minimum Gasteiger partial charge on any atom is -0.352 e. The van der Waals surface area contributed by atoms with E-state index >= 15 is 0 Å². The van der Waals surface area contributed by atoms with Crippen molar-refractivity contribution in [3.63, 3.8) is 0 Å². The monoisotopic (exact) mass is 338 g/mol. The van der Waals surface area contributed by atoms with Gasteiger partial charge in [-0.1, -0.05) is 62.2 Å². The summed E-state index contributed by atoms with van der Waals surface area (Å²) >= 11 is 1.46. The molecule has 0 aliphatic heterocycles. The average molecular weight is 338 g/mol. The second kappa shape index (κ2) is 9.79. The summed E-state index contributed by atoms with van der Waals surface area (Å²) in [6, 6.07) is 17.2. The van der Waals surface area contributed by atoms with Crippen molar-refractivity contribution in [2.45, 2.75) is 42.4 Å². The molecular formula is C20H22N2OS. The summed E-state index contributed by atoms with van der Waals surface area (Å²) in [6.07, 6.45) is 4.54. The molecular weight excluding hydrogens is 316 g/mol. The van der Waals surface area contributed by atoms with E-state index < -0.39 is 0 Å². The Kier molecular flexibility index (Phi) is 7.38. The Morgan fingerprint density at radius 3 is 2.50 bits per heavy atom. The molecule has 0 saturated heterocycles. The molecule has 1 amide bonds. The second-order valence-corrected chi connectivity index (χ2v) is 6.61. The molecule has 0 fully saturated rings. The summed E-state index contributed by atoms with van der Waals surface area (Å²) in [7, 11) is 0. The van der Waals surface area contributed by atoms with E-state index in [4.69, 9.17) is 0 Å². The number of benzene rings is 2. The van der Waals surface area contributed by atoms with Gasteiger partial charge >= 0.3 is 0 Å². The largest absolute Gasteiger partial charge is 0.352 e. The molecule has 0 heterocycles. The van der Waals surface area contributed by atoms with Crippen LogP contribution in [0.25, 0.3) is 0 Å². The smallest absolute Gasteiger partial charge is 0.252 e. The quantitative estimate of drug-likeness (QED) is 0.688. The van der Waals surface area contributed by atoms with Crippen LogP contribution in [0.3, 0.4) is 0 Å². The predicted octanol–water partition coefficient (Wildman–Crippen LogP) is 5.02. The van der Waals surface area contributed by atoms with Crippen LogP contribution in [-0.2, 0) is 0 Å². The summed E-state index contributed by atoms with van der Waals surface area (Å²) < 4.78 is 0. The fraction of sp³-hybridized carbons (Fsp3) is 0.300. The second-order valence-electron chi connectivity index (χ2n) is 5.52. The van der Waals surface area contributed by atoms with E-state index in [1.54, 1.807) is 6.07 Å². The minimum atomic E-state index is -0.0518. The summed E-state index contributed by atoms with van der Waals surface area (Å²) in [4.78, 5) is 14.2. The van der Waals surface area contributed by atoms with Crippen molar-refractivity contribution in [3.05, 3.63) is 59.7 Å². The fourth-order valence-corrected chi connectivity index (χ4v) is 3.38. The molecule has 0 aliphatic rings. The van der Waals surface area contributed by atoms with Crippen LogP contribution in [0.4, 0.5) is 0 Å². The first kappa shape index (κ1) is 18.1. The molecule has 0 unspecified atom stereocenters. The molecule has 0 spiro atoms. The van der Waals surface area contributed by atoms with Crippen LogP contribution >= 0.6 is 11.8 Å². The van der Waals surface area contributed by atoms with E-state index in [1.165, 1.54) is 24.6 Å². The van der Waals surface area contributed by atoms with E-state index in [2.05, 4.69) is 18.3 Å². The van der Waals surface area contributed by atoms with Gasteiger partial charge in [-0.15, -0.1) is 0 Å². The van der Waals surface area contributed by atoms with Gasteiger partial charge in [0.05, 0.1) is 11.1 Å². The highest BCUT2D eigenvalue weighted by Gasteiger charge is 2.12. The molecule has 4 heteroatoms. The molecule has 0 atom stereocenters. The van der Waals surface area contributed by atoms with Gasteiger partial charge in [0.1, 0.15) is 6.07 Å². The van der Waals surface area contributed by atoms with Gasteiger partial charge in [-0.3, -0.25) is 4.79 Å². The maximum absolute atomic E-state index is 12.5. The lowest BCUT2D eigenvalue weighted by atomic mass is 10.2. The minimum absolute atomic E-state index is 0.0518. The molecule has 0 bridgehead atoms. The summed E-state index contributed by atoms with van der Waals surface area (Å²) in [5.74, 6) is -0.0518. The average Bonchev–Trinajstić information content (AvgIpc) is 2.62. The number of amides is 1. The Balaban J connectivity index is 2.07. The molecule has 0 aromatic heterocycles. The van der Waals surface area contributed by atoms with Crippen LogP contribution in [0.15, 0.2) is 58.3 Å². The van der Waals surface area contributed by atoms with Crippen LogP contribution in [0.1, 0.15) is 48.5 Å². The van der Waals surface area contributed by atoms with Crippen molar-refractivity contribution in [2.24, 2.45) is 0 Å². The Morgan fingerprint density at radius 1 is 1.04 bits per heavy atom. The molecule has 124 valence electrons. The van der Waals surface area contributed by atoms with Crippen molar-refractivity contribution in [2.75, 3.05) is 6.54 Å². The van der Waals surface area contributed by atoms with E-state index in [0.29, 0.717) is 17.7 Å². The number of carbonyl (C=O) groups excluding carboxylic acids is 1. The number of carbonyl (C=O) groups is 1. The highest BCUT2D eigenvalue weighted by Crippen LogP contribution is 2.32. The van der Waals surface area contributed by atoms with Gasteiger partial charge < -0.3 is 5.32 Å². The van der Waals surface area contributed by atoms with Crippen LogP contribution in [0.5, 0.6) is 0 Å². The molecule has 2 aromatic carbocycles. The standard InChI is InChI=1S/C20H22N2OS/c1-2-3-4-9-14-22-20(23)17-11-6-8-13-19(17)24-18-12-7-5-10-16(18)15-21/h5-8,10-13H,2-4,9,14H2,1H3,(H,22,23). The lowest BCUT2D eigenvalue weighted by molar-refractivity contribution is 0.0950. The normalized spacial score (nSPS) is 10.2. The first-order valence-electron chi connectivity index (χ1n) is 8.30. The Hall–Kier alpha value is -2.25. The van der Waals surface area contributed by atoms with Crippen molar-refractivity contribution >= 4 is 17.7 Å². The zero-order valence-electron chi connectivity index (χ0n) is 13.9. The SMILES string of the molecule is CCCCCCNC(=O)c1ccccc1Sc1ccccc1C#N. The first-order chi connectivity index (χ1) is 11.8.